The monoisotopic (exact) mass is 382 g/mol. The van der Waals surface area contributed by atoms with Gasteiger partial charge in [0.15, 0.2) is 10.8 Å². The van der Waals surface area contributed by atoms with Crippen LogP contribution in [0, 0.1) is 13.8 Å². The minimum absolute atomic E-state index is 0.164. The van der Waals surface area contributed by atoms with Gasteiger partial charge in [-0.05, 0) is 51.5 Å². The first kappa shape index (κ1) is 18.1. The lowest BCUT2D eigenvalue weighted by Crippen LogP contribution is -2.69. The number of hydrogen-bond donors (Lipinski definition) is 3. The number of nitrogens with one attached hydrogen (secondary N) is 2. The van der Waals surface area contributed by atoms with Crippen LogP contribution in [0.5, 0.6) is 11.5 Å². The van der Waals surface area contributed by atoms with Crippen LogP contribution in [-0.4, -0.2) is 21.5 Å². The Morgan fingerprint density at radius 2 is 1.93 bits per heavy atom. The maximum absolute atomic E-state index is 10.3. The van der Waals surface area contributed by atoms with Crippen LogP contribution in [0.3, 0.4) is 0 Å². The molecule has 2 atom stereocenters. The summed E-state index contributed by atoms with van der Waals surface area (Å²) in [6.45, 7) is 8.29. The highest BCUT2D eigenvalue weighted by atomic mass is 32.1. The maximum Gasteiger partial charge on any atom is 0.185 e. The Bertz CT molecular complexity index is 925. The Morgan fingerprint density at radius 1 is 1.15 bits per heavy atom. The van der Waals surface area contributed by atoms with E-state index in [1.165, 1.54) is 11.1 Å². The summed E-state index contributed by atoms with van der Waals surface area (Å²) >= 11 is 5.49. The standard InChI is InChI=1S/C22H26N2O2S/c1-13-6-5-7-15(10-13)17-11-22(12-21(3,4)23-20(27)24-22)26-19-14(2)18(25)9-8-16(17)19/h5-10,17,25H,11-12H2,1-4H3,(H2,23,24,27)/t17-,22-/m1/s1. The van der Waals surface area contributed by atoms with Crippen LogP contribution in [-0.2, 0) is 0 Å². The fourth-order valence-corrected chi connectivity index (χ4v) is 4.97. The summed E-state index contributed by atoms with van der Waals surface area (Å²) in [6, 6.07) is 12.4. The molecule has 0 bridgehead atoms. The van der Waals surface area contributed by atoms with Gasteiger partial charge in [0.25, 0.3) is 0 Å². The molecule has 2 aromatic carbocycles. The molecule has 0 saturated carbocycles. The summed E-state index contributed by atoms with van der Waals surface area (Å²) in [5.74, 6) is 1.18. The summed E-state index contributed by atoms with van der Waals surface area (Å²) < 4.78 is 6.56. The van der Waals surface area contributed by atoms with E-state index in [9.17, 15) is 5.11 Å². The van der Waals surface area contributed by atoms with Gasteiger partial charge < -0.3 is 20.5 Å². The predicted molar refractivity (Wildman–Crippen MR) is 111 cm³/mol. The van der Waals surface area contributed by atoms with Crippen molar-refractivity contribution in [2.24, 2.45) is 0 Å². The number of benzene rings is 2. The number of ether oxygens (including phenoxy) is 1. The van der Waals surface area contributed by atoms with Crippen LogP contribution in [0.15, 0.2) is 36.4 Å². The van der Waals surface area contributed by atoms with Gasteiger partial charge in [-0.1, -0.05) is 35.9 Å². The number of aromatic hydroxyl groups is 1. The Kier molecular flexibility index (Phi) is 4.11. The van der Waals surface area contributed by atoms with Gasteiger partial charge in [-0.25, -0.2) is 0 Å². The Balaban J connectivity index is 1.87. The number of phenols is 1. The molecule has 2 aliphatic rings. The fraction of sp³-hybridized carbons (Fsp3) is 0.409. The third-order valence-corrected chi connectivity index (χ3v) is 5.78. The number of thiocarbonyl (C=S) groups is 1. The summed E-state index contributed by atoms with van der Waals surface area (Å²) in [5, 5.41) is 17.6. The summed E-state index contributed by atoms with van der Waals surface area (Å²) in [6.07, 6.45) is 1.54. The second-order valence-electron chi connectivity index (χ2n) is 8.54. The van der Waals surface area contributed by atoms with Crippen LogP contribution in [0.2, 0.25) is 0 Å². The van der Waals surface area contributed by atoms with E-state index in [1.807, 2.05) is 13.0 Å². The van der Waals surface area contributed by atoms with E-state index in [4.69, 9.17) is 17.0 Å². The van der Waals surface area contributed by atoms with Gasteiger partial charge in [0.2, 0.25) is 0 Å². The largest absolute Gasteiger partial charge is 0.508 e. The zero-order chi connectivity index (χ0) is 19.4. The number of rotatable bonds is 1. The first-order chi connectivity index (χ1) is 12.7. The molecule has 1 spiro atoms. The van der Waals surface area contributed by atoms with Crippen LogP contribution < -0.4 is 15.4 Å². The van der Waals surface area contributed by atoms with E-state index in [0.29, 0.717) is 5.11 Å². The molecule has 2 aromatic rings. The lowest BCUT2D eigenvalue weighted by atomic mass is 9.76. The van der Waals surface area contributed by atoms with Gasteiger partial charge in [-0.15, -0.1) is 0 Å². The molecule has 2 aliphatic heterocycles. The number of fused-ring (bicyclic) bond motifs is 1. The first-order valence-corrected chi connectivity index (χ1v) is 9.77. The van der Waals surface area contributed by atoms with E-state index < -0.39 is 5.72 Å². The fourth-order valence-electron chi connectivity index (χ4n) is 4.51. The highest BCUT2D eigenvalue weighted by molar-refractivity contribution is 7.80. The summed E-state index contributed by atoms with van der Waals surface area (Å²) in [5.41, 5.74) is 3.60. The number of phenolic OH excluding ortho intramolecular Hbond substituents is 1. The Hall–Kier alpha value is -2.27. The molecular formula is C22H26N2O2S. The SMILES string of the molecule is Cc1cccc([C@H]2C[C@]3(CC(C)(C)NC(=S)N3)Oc3c2ccc(O)c3C)c1. The van der Waals surface area contributed by atoms with Crippen molar-refractivity contribution in [3.05, 3.63) is 58.7 Å². The predicted octanol–water partition coefficient (Wildman–Crippen LogP) is 4.27. The van der Waals surface area contributed by atoms with E-state index >= 15 is 0 Å². The van der Waals surface area contributed by atoms with Crippen LogP contribution in [0.25, 0.3) is 0 Å². The quantitative estimate of drug-likeness (QED) is 0.643. The van der Waals surface area contributed by atoms with Crippen molar-refractivity contribution in [1.82, 2.24) is 10.6 Å². The normalized spacial score (nSPS) is 25.9. The second-order valence-corrected chi connectivity index (χ2v) is 8.94. The van der Waals surface area contributed by atoms with Gasteiger partial charge in [0.05, 0.1) is 0 Å². The van der Waals surface area contributed by atoms with Gasteiger partial charge >= 0.3 is 0 Å². The highest BCUT2D eigenvalue weighted by Gasteiger charge is 2.49. The second kappa shape index (κ2) is 6.13. The average Bonchev–Trinajstić information content (AvgIpc) is 2.56. The minimum Gasteiger partial charge on any atom is -0.508 e. The molecule has 1 saturated heterocycles. The maximum atomic E-state index is 10.3. The van der Waals surface area contributed by atoms with Crippen molar-refractivity contribution in [2.45, 2.75) is 57.7 Å². The molecule has 0 aliphatic carbocycles. The van der Waals surface area contributed by atoms with E-state index in [-0.39, 0.29) is 17.2 Å². The van der Waals surface area contributed by atoms with Crippen molar-refractivity contribution in [3.8, 4) is 11.5 Å². The molecule has 0 unspecified atom stereocenters. The van der Waals surface area contributed by atoms with Crippen LogP contribution in [0.4, 0.5) is 0 Å². The lowest BCUT2D eigenvalue weighted by molar-refractivity contribution is -0.0134. The molecule has 142 valence electrons. The van der Waals surface area contributed by atoms with Crippen molar-refractivity contribution in [2.75, 3.05) is 0 Å². The third kappa shape index (κ3) is 3.25. The molecule has 3 N–H and O–H groups in total. The van der Waals surface area contributed by atoms with E-state index in [0.717, 1.165) is 29.7 Å². The van der Waals surface area contributed by atoms with Crippen molar-refractivity contribution in [1.29, 1.82) is 0 Å². The molecule has 4 nitrogen and oxygen atoms in total. The zero-order valence-corrected chi connectivity index (χ0v) is 17.0. The van der Waals surface area contributed by atoms with Crippen LogP contribution in [0.1, 0.15) is 54.9 Å². The number of hydrogen-bond acceptors (Lipinski definition) is 3. The molecule has 0 aromatic heterocycles. The van der Waals surface area contributed by atoms with Gasteiger partial charge in [-0.3, -0.25) is 0 Å². The topological polar surface area (TPSA) is 53.5 Å². The molecule has 1 fully saturated rings. The van der Waals surface area contributed by atoms with Crippen molar-refractivity contribution in [3.63, 3.8) is 0 Å². The molecule has 27 heavy (non-hydrogen) atoms. The van der Waals surface area contributed by atoms with E-state index in [1.54, 1.807) is 6.07 Å². The van der Waals surface area contributed by atoms with Gasteiger partial charge in [-0.2, -0.15) is 0 Å². The Labute approximate surface area is 165 Å². The van der Waals surface area contributed by atoms with Gasteiger partial charge in [0.1, 0.15) is 11.5 Å². The minimum atomic E-state index is -0.605. The third-order valence-electron chi connectivity index (χ3n) is 5.58. The van der Waals surface area contributed by atoms with Crippen molar-refractivity contribution < 1.29 is 9.84 Å². The number of aryl methyl sites for hydroxylation is 1. The molecule has 5 heteroatoms. The smallest absolute Gasteiger partial charge is 0.185 e. The van der Waals surface area contributed by atoms with Crippen molar-refractivity contribution >= 4 is 17.3 Å². The average molecular weight is 383 g/mol. The Morgan fingerprint density at radius 3 is 2.63 bits per heavy atom. The molecule has 0 amide bonds. The molecule has 4 rings (SSSR count). The van der Waals surface area contributed by atoms with Gasteiger partial charge in [0, 0.05) is 35.4 Å². The molecule has 2 heterocycles. The van der Waals surface area contributed by atoms with E-state index in [2.05, 4.69) is 55.7 Å². The first-order valence-electron chi connectivity index (χ1n) is 9.36. The summed E-state index contributed by atoms with van der Waals surface area (Å²) in [7, 11) is 0. The molecule has 0 radical (unpaired) electrons. The highest BCUT2D eigenvalue weighted by Crippen LogP contribution is 2.49. The van der Waals surface area contributed by atoms with Crippen LogP contribution >= 0.6 is 12.2 Å². The molecular weight excluding hydrogens is 356 g/mol. The lowest BCUT2D eigenvalue weighted by Gasteiger charge is -2.51. The zero-order valence-electron chi connectivity index (χ0n) is 16.2. The summed E-state index contributed by atoms with van der Waals surface area (Å²) in [4.78, 5) is 0.